The van der Waals surface area contributed by atoms with E-state index in [1.54, 1.807) is 0 Å². The molecule has 5 heteroatoms. The fraction of sp³-hybridized carbons (Fsp3) is 0.167. The molecule has 3 aromatic rings. The Hall–Kier alpha value is -2.79. The molecular weight excluding hydrogens is 290 g/mol. The second-order valence-corrected chi connectivity index (χ2v) is 5.49. The van der Waals surface area contributed by atoms with E-state index in [1.807, 2.05) is 61.7 Å². The van der Waals surface area contributed by atoms with Crippen molar-refractivity contribution in [2.24, 2.45) is 0 Å². The molecule has 0 aliphatic heterocycles. The first-order valence-corrected chi connectivity index (χ1v) is 7.49. The summed E-state index contributed by atoms with van der Waals surface area (Å²) in [5.41, 5.74) is 3.55. The van der Waals surface area contributed by atoms with Crippen molar-refractivity contribution in [1.29, 1.82) is 0 Å². The summed E-state index contributed by atoms with van der Waals surface area (Å²) in [5, 5.41) is 16.7. The summed E-state index contributed by atoms with van der Waals surface area (Å²) >= 11 is 0. The van der Waals surface area contributed by atoms with Crippen molar-refractivity contribution in [3.63, 3.8) is 0 Å². The number of carbonyl (C=O) groups excluding carboxylic acids is 1. The molecule has 0 saturated carbocycles. The van der Waals surface area contributed by atoms with Gasteiger partial charge in [0.15, 0.2) is 0 Å². The van der Waals surface area contributed by atoms with Crippen LogP contribution in [0.5, 0.6) is 0 Å². The molecule has 5 nitrogen and oxygen atoms in total. The maximum atomic E-state index is 12.0. The van der Waals surface area contributed by atoms with E-state index < -0.39 is 6.10 Å². The lowest BCUT2D eigenvalue weighted by Gasteiger charge is -2.15. The molecule has 1 aromatic heterocycles. The third kappa shape index (κ3) is 3.52. The normalized spacial score (nSPS) is 12.1. The van der Waals surface area contributed by atoms with Crippen LogP contribution in [-0.4, -0.2) is 22.7 Å². The minimum Gasteiger partial charge on any atom is -0.387 e. The van der Waals surface area contributed by atoms with Gasteiger partial charge >= 0.3 is 6.03 Å². The second-order valence-electron chi connectivity index (χ2n) is 5.49. The number of urea groups is 1. The van der Waals surface area contributed by atoms with Gasteiger partial charge in [-0.15, -0.1) is 0 Å². The van der Waals surface area contributed by atoms with Gasteiger partial charge in [0.25, 0.3) is 0 Å². The zero-order valence-electron chi connectivity index (χ0n) is 12.8. The molecule has 23 heavy (non-hydrogen) atoms. The van der Waals surface area contributed by atoms with Crippen LogP contribution in [0, 0.1) is 6.92 Å². The van der Waals surface area contributed by atoms with E-state index in [0.717, 1.165) is 22.0 Å². The Bertz CT molecular complexity index is 826. The molecule has 0 bridgehead atoms. The number of carbonyl (C=O) groups is 1. The van der Waals surface area contributed by atoms with E-state index in [2.05, 4.69) is 15.6 Å². The molecule has 1 atom stereocenters. The van der Waals surface area contributed by atoms with Crippen molar-refractivity contribution in [3.05, 3.63) is 65.9 Å². The van der Waals surface area contributed by atoms with Gasteiger partial charge in [-0.2, -0.15) is 0 Å². The van der Waals surface area contributed by atoms with Crippen molar-refractivity contribution in [2.45, 2.75) is 13.0 Å². The highest BCUT2D eigenvalue weighted by atomic mass is 16.3. The van der Waals surface area contributed by atoms with Crippen molar-refractivity contribution in [3.8, 4) is 0 Å². The molecule has 3 rings (SSSR count). The van der Waals surface area contributed by atoms with Crippen LogP contribution in [0.2, 0.25) is 0 Å². The molecule has 2 amide bonds. The van der Waals surface area contributed by atoms with Crippen molar-refractivity contribution >= 4 is 22.6 Å². The number of benzene rings is 2. The Morgan fingerprint density at radius 2 is 2.04 bits per heavy atom. The van der Waals surface area contributed by atoms with E-state index in [4.69, 9.17) is 0 Å². The first-order chi connectivity index (χ1) is 11.1. The van der Waals surface area contributed by atoms with Gasteiger partial charge in [0.1, 0.15) is 0 Å². The summed E-state index contributed by atoms with van der Waals surface area (Å²) < 4.78 is 0. The fourth-order valence-corrected chi connectivity index (χ4v) is 2.57. The fourth-order valence-electron chi connectivity index (χ4n) is 2.57. The van der Waals surface area contributed by atoms with E-state index in [9.17, 15) is 9.90 Å². The number of aliphatic hydroxyl groups excluding tert-OH is 1. The number of hydrogen-bond donors (Lipinski definition) is 4. The molecule has 0 radical (unpaired) electrons. The second kappa shape index (κ2) is 6.54. The van der Waals surface area contributed by atoms with Gasteiger partial charge in [-0.05, 0) is 42.3 Å². The Labute approximate surface area is 134 Å². The van der Waals surface area contributed by atoms with Crippen LogP contribution in [0.4, 0.5) is 10.5 Å². The number of aromatic nitrogens is 1. The first kappa shape index (κ1) is 15.1. The van der Waals surface area contributed by atoms with Gasteiger partial charge in [0.2, 0.25) is 0 Å². The Balaban J connectivity index is 1.58. The zero-order chi connectivity index (χ0) is 16.2. The highest BCUT2D eigenvalue weighted by Gasteiger charge is 2.11. The highest BCUT2D eigenvalue weighted by molar-refractivity contribution is 5.92. The lowest BCUT2D eigenvalue weighted by molar-refractivity contribution is 0.174. The predicted octanol–water partition coefficient (Wildman–Crippen LogP) is 3.33. The average molecular weight is 309 g/mol. The number of aliphatic hydroxyl groups is 1. The van der Waals surface area contributed by atoms with E-state index in [-0.39, 0.29) is 12.6 Å². The molecule has 2 aromatic carbocycles. The number of hydrogen-bond acceptors (Lipinski definition) is 2. The SMILES string of the molecule is Cc1ccccc1C(O)CNC(=O)Nc1ccc2[nH]ccc2c1. The third-order valence-electron chi connectivity index (χ3n) is 3.81. The summed E-state index contributed by atoms with van der Waals surface area (Å²) in [4.78, 5) is 15.1. The third-order valence-corrected chi connectivity index (χ3v) is 3.81. The highest BCUT2D eigenvalue weighted by Crippen LogP contribution is 2.18. The summed E-state index contributed by atoms with van der Waals surface area (Å²) in [6.45, 7) is 2.09. The number of anilines is 1. The number of amides is 2. The molecule has 1 unspecified atom stereocenters. The van der Waals surface area contributed by atoms with Crippen LogP contribution in [0.1, 0.15) is 17.2 Å². The number of aryl methyl sites for hydroxylation is 1. The van der Waals surface area contributed by atoms with Crippen LogP contribution in [-0.2, 0) is 0 Å². The number of fused-ring (bicyclic) bond motifs is 1. The lowest BCUT2D eigenvalue weighted by atomic mass is 10.0. The first-order valence-electron chi connectivity index (χ1n) is 7.49. The molecule has 0 fully saturated rings. The van der Waals surface area contributed by atoms with Crippen LogP contribution in [0.15, 0.2) is 54.7 Å². The van der Waals surface area contributed by atoms with Crippen molar-refractivity contribution in [1.82, 2.24) is 10.3 Å². The van der Waals surface area contributed by atoms with Crippen molar-refractivity contribution in [2.75, 3.05) is 11.9 Å². The molecule has 0 aliphatic carbocycles. The smallest absolute Gasteiger partial charge is 0.319 e. The van der Waals surface area contributed by atoms with E-state index in [0.29, 0.717) is 5.69 Å². The van der Waals surface area contributed by atoms with Crippen LogP contribution >= 0.6 is 0 Å². The van der Waals surface area contributed by atoms with Gasteiger partial charge < -0.3 is 20.7 Å². The Morgan fingerprint density at radius 3 is 2.87 bits per heavy atom. The Kier molecular flexibility index (Phi) is 4.30. The van der Waals surface area contributed by atoms with Crippen molar-refractivity contribution < 1.29 is 9.90 Å². The van der Waals surface area contributed by atoms with E-state index >= 15 is 0 Å². The predicted molar refractivity (Wildman–Crippen MR) is 91.5 cm³/mol. The Morgan fingerprint density at radius 1 is 1.22 bits per heavy atom. The zero-order valence-corrected chi connectivity index (χ0v) is 12.8. The van der Waals surface area contributed by atoms with Gasteiger partial charge in [0, 0.05) is 29.3 Å². The molecular formula is C18H19N3O2. The molecule has 4 N–H and O–H groups in total. The van der Waals surface area contributed by atoms with Gasteiger partial charge in [-0.1, -0.05) is 24.3 Å². The van der Waals surface area contributed by atoms with Gasteiger partial charge in [-0.3, -0.25) is 0 Å². The quantitative estimate of drug-likeness (QED) is 0.596. The molecule has 0 spiro atoms. The number of rotatable bonds is 4. The minimum atomic E-state index is -0.728. The standard InChI is InChI=1S/C18H19N3O2/c1-12-4-2-3-5-15(12)17(22)11-20-18(23)21-14-6-7-16-13(10-14)8-9-19-16/h2-10,17,19,22H,11H2,1H3,(H2,20,21,23). The van der Waals surface area contributed by atoms with Crippen LogP contribution in [0.25, 0.3) is 10.9 Å². The molecule has 0 aliphatic rings. The summed E-state index contributed by atoms with van der Waals surface area (Å²) in [5.74, 6) is 0. The van der Waals surface area contributed by atoms with Gasteiger partial charge in [0.05, 0.1) is 6.10 Å². The summed E-state index contributed by atoms with van der Waals surface area (Å²) in [6, 6.07) is 14.8. The van der Waals surface area contributed by atoms with Crippen LogP contribution in [0.3, 0.4) is 0 Å². The number of nitrogens with one attached hydrogen (secondary N) is 3. The molecule has 0 saturated heterocycles. The molecule has 1 heterocycles. The maximum Gasteiger partial charge on any atom is 0.319 e. The monoisotopic (exact) mass is 309 g/mol. The summed E-state index contributed by atoms with van der Waals surface area (Å²) in [6.07, 6.45) is 1.13. The van der Waals surface area contributed by atoms with E-state index in [1.165, 1.54) is 0 Å². The number of aromatic amines is 1. The minimum absolute atomic E-state index is 0.156. The molecule has 118 valence electrons. The average Bonchev–Trinajstić information content (AvgIpc) is 3.01. The van der Waals surface area contributed by atoms with Gasteiger partial charge in [-0.25, -0.2) is 4.79 Å². The summed E-state index contributed by atoms with van der Waals surface area (Å²) in [7, 11) is 0. The topological polar surface area (TPSA) is 77.2 Å². The largest absolute Gasteiger partial charge is 0.387 e. The maximum absolute atomic E-state index is 12.0. The van der Waals surface area contributed by atoms with Crippen LogP contribution < -0.4 is 10.6 Å². The lowest BCUT2D eigenvalue weighted by Crippen LogP contribution is -2.32. The number of H-pyrrole nitrogens is 1.